The molecule has 1 aromatic heterocycles. The van der Waals surface area contributed by atoms with Gasteiger partial charge in [0.25, 0.3) is 0 Å². The molecular weight excluding hydrogens is 299 g/mol. The van der Waals surface area contributed by atoms with E-state index in [0.29, 0.717) is 0 Å². The van der Waals surface area contributed by atoms with Gasteiger partial charge in [-0.2, -0.15) is 13.2 Å². The smallest absolute Gasteiger partial charge is 0.370 e. The van der Waals surface area contributed by atoms with E-state index in [1.165, 1.54) is 0 Å². The molecule has 0 saturated carbocycles. The van der Waals surface area contributed by atoms with Gasteiger partial charge in [-0.25, -0.2) is 0 Å². The number of hydrogen-bond donors (Lipinski definition) is 1. The lowest BCUT2D eigenvalue weighted by atomic mass is 10.1. The molecule has 0 fully saturated rings. The first kappa shape index (κ1) is 16.3. The molecular formula is C15H18F3NOS. The minimum absolute atomic E-state index is 0.0104. The minimum Gasteiger partial charge on any atom is -0.370 e. The van der Waals surface area contributed by atoms with Crippen LogP contribution in [-0.4, -0.2) is 25.9 Å². The molecule has 2 nitrogen and oxygen atoms in total. The van der Waals surface area contributed by atoms with Gasteiger partial charge in [-0.15, -0.1) is 11.3 Å². The number of hydrogen-bond acceptors (Lipinski definition) is 3. The van der Waals surface area contributed by atoms with Crippen molar-refractivity contribution in [3.05, 3.63) is 35.2 Å². The molecule has 1 unspecified atom stereocenters. The van der Waals surface area contributed by atoms with E-state index in [4.69, 9.17) is 4.74 Å². The molecule has 6 heteroatoms. The summed E-state index contributed by atoms with van der Waals surface area (Å²) in [5.41, 5.74) is 0.998. The molecule has 1 aromatic carbocycles. The van der Waals surface area contributed by atoms with Gasteiger partial charge in [0.1, 0.15) is 6.61 Å². The highest BCUT2D eigenvalue weighted by molar-refractivity contribution is 7.17. The van der Waals surface area contributed by atoms with Crippen LogP contribution < -0.4 is 5.32 Å². The molecule has 1 atom stereocenters. The summed E-state index contributed by atoms with van der Waals surface area (Å²) in [6.45, 7) is 1.56. The molecule has 2 aromatic rings. The zero-order chi connectivity index (χ0) is 15.3. The van der Waals surface area contributed by atoms with Crippen molar-refractivity contribution in [2.75, 3.05) is 19.8 Å². The second-order valence-electron chi connectivity index (χ2n) is 4.82. The van der Waals surface area contributed by atoms with E-state index in [1.807, 2.05) is 36.6 Å². The number of alkyl halides is 3. The van der Waals surface area contributed by atoms with Crippen molar-refractivity contribution in [1.29, 1.82) is 0 Å². The van der Waals surface area contributed by atoms with Gasteiger partial charge >= 0.3 is 6.18 Å². The third-order valence-electron chi connectivity index (χ3n) is 3.08. The maximum Gasteiger partial charge on any atom is 0.411 e. The number of benzene rings is 1. The molecule has 0 aliphatic heterocycles. The number of fused-ring (bicyclic) bond motifs is 1. The summed E-state index contributed by atoms with van der Waals surface area (Å²) in [5.74, 6) is 0. The Morgan fingerprint density at radius 1 is 1.29 bits per heavy atom. The molecule has 0 saturated heterocycles. The highest BCUT2D eigenvalue weighted by Gasteiger charge is 2.28. The molecule has 0 amide bonds. The molecule has 116 valence electrons. The lowest BCUT2D eigenvalue weighted by molar-refractivity contribution is -0.175. The van der Waals surface area contributed by atoms with E-state index in [0.717, 1.165) is 28.6 Å². The second kappa shape index (κ2) is 7.24. The van der Waals surface area contributed by atoms with Crippen molar-refractivity contribution in [3.63, 3.8) is 0 Å². The average Bonchev–Trinajstić information content (AvgIpc) is 2.89. The van der Waals surface area contributed by atoms with Gasteiger partial charge in [0.15, 0.2) is 0 Å². The molecule has 21 heavy (non-hydrogen) atoms. The fraction of sp³-hybridized carbons (Fsp3) is 0.467. The SMILES string of the molecule is CCCNC(COCC(F)(F)F)c1cccc2ccsc12. The van der Waals surface area contributed by atoms with Crippen molar-refractivity contribution < 1.29 is 17.9 Å². The minimum atomic E-state index is -4.29. The zero-order valence-electron chi connectivity index (χ0n) is 11.7. The fourth-order valence-electron chi connectivity index (χ4n) is 2.16. The van der Waals surface area contributed by atoms with Crippen LogP contribution in [0.15, 0.2) is 29.6 Å². The quantitative estimate of drug-likeness (QED) is 0.810. The van der Waals surface area contributed by atoms with E-state index >= 15 is 0 Å². The number of nitrogens with one attached hydrogen (secondary N) is 1. The summed E-state index contributed by atoms with van der Waals surface area (Å²) >= 11 is 1.60. The van der Waals surface area contributed by atoms with E-state index in [1.54, 1.807) is 11.3 Å². The summed E-state index contributed by atoms with van der Waals surface area (Å²) in [7, 11) is 0. The topological polar surface area (TPSA) is 21.3 Å². The van der Waals surface area contributed by atoms with Crippen LogP contribution in [0.3, 0.4) is 0 Å². The molecule has 0 spiro atoms. The zero-order valence-corrected chi connectivity index (χ0v) is 12.6. The maximum atomic E-state index is 12.2. The van der Waals surface area contributed by atoms with Crippen LogP contribution in [0.2, 0.25) is 0 Å². The predicted molar refractivity (Wildman–Crippen MR) is 79.7 cm³/mol. The normalized spacial score (nSPS) is 13.7. The Kier molecular flexibility index (Phi) is 5.61. The second-order valence-corrected chi connectivity index (χ2v) is 5.74. The monoisotopic (exact) mass is 317 g/mol. The number of halogens is 3. The van der Waals surface area contributed by atoms with Gasteiger partial charge in [-0.3, -0.25) is 0 Å². The van der Waals surface area contributed by atoms with Crippen molar-refractivity contribution in [2.45, 2.75) is 25.6 Å². The molecule has 1 heterocycles. The highest BCUT2D eigenvalue weighted by atomic mass is 32.1. The van der Waals surface area contributed by atoms with Gasteiger partial charge < -0.3 is 10.1 Å². The Bertz CT molecular complexity index is 567. The molecule has 0 bridgehead atoms. The number of ether oxygens (including phenoxy) is 1. The van der Waals surface area contributed by atoms with Gasteiger partial charge in [0.2, 0.25) is 0 Å². The summed E-state index contributed by atoms with van der Waals surface area (Å²) in [5, 5.41) is 6.36. The van der Waals surface area contributed by atoms with E-state index < -0.39 is 12.8 Å². The first-order valence-electron chi connectivity index (χ1n) is 6.85. The molecule has 2 rings (SSSR count). The van der Waals surface area contributed by atoms with Crippen LogP contribution in [0, 0.1) is 0 Å². The van der Waals surface area contributed by atoms with Crippen molar-refractivity contribution in [1.82, 2.24) is 5.32 Å². The third-order valence-corrected chi connectivity index (χ3v) is 4.06. The Balaban J connectivity index is 2.13. The first-order valence-corrected chi connectivity index (χ1v) is 7.73. The van der Waals surface area contributed by atoms with Crippen LogP contribution in [0.5, 0.6) is 0 Å². The lowest BCUT2D eigenvalue weighted by Crippen LogP contribution is -2.28. The molecule has 0 aliphatic rings. The molecule has 1 N–H and O–H groups in total. The van der Waals surface area contributed by atoms with E-state index in [2.05, 4.69) is 5.32 Å². The van der Waals surface area contributed by atoms with Crippen LogP contribution in [0.1, 0.15) is 24.9 Å². The van der Waals surface area contributed by atoms with Crippen LogP contribution in [-0.2, 0) is 4.74 Å². The van der Waals surface area contributed by atoms with Crippen LogP contribution >= 0.6 is 11.3 Å². The van der Waals surface area contributed by atoms with Gasteiger partial charge in [-0.1, -0.05) is 25.1 Å². The van der Waals surface area contributed by atoms with E-state index in [9.17, 15) is 13.2 Å². The summed E-state index contributed by atoms with van der Waals surface area (Å²) < 4.78 is 42.6. The average molecular weight is 317 g/mol. The standard InChI is InChI=1S/C15H18F3NOS/c1-2-7-19-13(9-20-10-15(16,17)18)12-5-3-4-11-6-8-21-14(11)12/h3-6,8,13,19H,2,7,9-10H2,1H3. The van der Waals surface area contributed by atoms with Gasteiger partial charge in [0.05, 0.1) is 12.6 Å². The third kappa shape index (κ3) is 4.69. The summed E-state index contributed by atoms with van der Waals surface area (Å²) in [6, 6.07) is 7.66. The van der Waals surface area contributed by atoms with Crippen molar-refractivity contribution >= 4 is 21.4 Å². The number of thiophene rings is 1. The molecule has 0 radical (unpaired) electrons. The van der Waals surface area contributed by atoms with Gasteiger partial charge in [0, 0.05) is 4.70 Å². The molecule has 0 aliphatic carbocycles. The predicted octanol–water partition coefficient (Wildman–Crippen LogP) is 4.52. The van der Waals surface area contributed by atoms with Crippen molar-refractivity contribution in [2.24, 2.45) is 0 Å². The first-order chi connectivity index (χ1) is 10.0. The van der Waals surface area contributed by atoms with Crippen LogP contribution in [0.25, 0.3) is 10.1 Å². The Morgan fingerprint density at radius 3 is 2.81 bits per heavy atom. The summed E-state index contributed by atoms with van der Waals surface area (Å²) in [6.07, 6.45) is -3.37. The van der Waals surface area contributed by atoms with Gasteiger partial charge in [-0.05, 0) is 35.4 Å². The highest BCUT2D eigenvalue weighted by Crippen LogP contribution is 2.29. The van der Waals surface area contributed by atoms with E-state index in [-0.39, 0.29) is 12.6 Å². The Hall–Kier alpha value is -1.11. The Morgan fingerprint density at radius 2 is 2.10 bits per heavy atom. The van der Waals surface area contributed by atoms with Crippen molar-refractivity contribution in [3.8, 4) is 0 Å². The largest absolute Gasteiger partial charge is 0.411 e. The maximum absolute atomic E-state index is 12.2. The fourth-order valence-corrected chi connectivity index (χ4v) is 3.13. The Labute approximate surface area is 125 Å². The lowest BCUT2D eigenvalue weighted by Gasteiger charge is -2.20. The van der Waals surface area contributed by atoms with Crippen LogP contribution in [0.4, 0.5) is 13.2 Å². The number of rotatable bonds is 7. The summed E-state index contributed by atoms with van der Waals surface area (Å²) in [4.78, 5) is 0.